The topological polar surface area (TPSA) is 178 Å². The first-order valence-electron chi connectivity index (χ1n) is 17.7. The third kappa shape index (κ3) is 9.54. The van der Waals surface area contributed by atoms with E-state index in [1.165, 1.54) is 0 Å². The van der Waals surface area contributed by atoms with Gasteiger partial charge in [-0.2, -0.15) is 21.0 Å². The Morgan fingerprint density at radius 3 is 1.30 bits per heavy atom. The maximum absolute atomic E-state index is 13.0. The minimum absolute atomic E-state index is 0.0594. The van der Waals surface area contributed by atoms with Gasteiger partial charge in [0.2, 0.25) is 0 Å². The maximum Gasteiger partial charge on any atom is 0.349 e. The van der Waals surface area contributed by atoms with Crippen molar-refractivity contribution >= 4 is 11.9 Å². The van der Waals surface area contributed by atoms with Gasteiger partial charge in [-0.3, -0.25) is 0 Å². The van der Waals surface area contributed by atoms with Gasteiger partial charge in [-0.15, -0.1) is 0 Å². The molecular weight excluding hydrogens is 632 g/mol. The highest BCUT2D eigenvalue weighted by atomic mass is 16.5. The molecule has 0 unspecified atom stereocenters. The van der Waals surface area contributed by atoms with Gasteiger partial charge in [0.25, 0.3) is 0 Å². The monoisotopic (exact) mass is 682 g/mol. The van der Waals surface area contributed by atoms with Crippen molar-refractivity contribution in [1.82, 2.24) is 20.4 Å². The number of esters is 2. The van der Waals surface area contributed by atoms with Crippen molar-refractivity contribution < 1.29 is 19.1 Å². The van der Waals surface area contributed by atoms with E-state index in [1.54, 1.807) is 0 Å². The number of nitriles is 4. The molecule has 12 heteroatoms. The van der Waals surface area contributed by atoms with E-state index in [4.69, 9.17) is 9.47 Å². The molecule has 266 valence electrons. The fraction of sp³-hybridized carbons (Fsp3) is 0.632. The van der Waals surface area contributed by atoms with Crippen molar-refractivity contribution in [2.75, 3.05) is 65.6 Å². The molecule has 2 N–H and O–H groups in total. The molecule has 4 aliphatic rings. The van der Waals surface area contributed by atoms with E-state index >= 15 is 0 Å². The lowest BCUT2D eigenvalue weighted by molar-refractivity contribution is -0.139. The van der Waals surface area contributed by atoms with Crippen LogP contribution >= 0.6 is 0 Å². The fourth-order valence-corrected chi connectivity index (χ4v) is 7.37. The number of carbonyl (C=O) groups excluding carboxylic acids is 2. The van der Waals surface area contributed by atoms with Crippen LogP contribution in [0.3, 0.4) is 0 Å². The summed E-state index contributed by atoms with van der Waals surface area (Å²) in [5.74, 6) is -1.44. The zero-order valence-electron chi connectivity index (χ0n) is 30.0. The zero-order valence-corrected chi connectivity index (χ0v) is 30.0. The summed E-state index contributed by atoms with van der Waals surface area (Å²) >= 11 is 0. The number of rotatable bonds is 13. The van der Waals surface area contributed by atoms with Crippen molar-refractivity contribution in [2.45, 2.75) is 79.1 Å². The highest BCUT2D eigenvalue weighted by molar-refractivity contribution is 5.95. The molecule has 0 amide bonds. The van der Waals surface area contributed by atoms with Gasteiger partial charge in [-0.05, 0) is 73.3 Å². The molecule has 2 aliphatic heterocycles. The molecule has 0 bridgehead atoms. The van der Waals surface area contributed by atoms with Crippen molar-refractivity contribution in [1.29, 1.82) is 21.0 Å². The van der Waals surface area contributed by atoms with Crippen molar-refractivity contribution in [2.24, 2.45) is 10.8 Å². The second-order valence-corrected chi connectivity index (χ2v) is 15.0. The molecule has 2 saturated heterocycles. The van der Waals surface area contributed by atoms with Gasteiger partial charge in [0.05, 0.1) is 11.1 Å². The summed E-state index contributed by atoms with van der Waals surface area (Å²) in [6, 6.07) is 8.61. The molecule has 0 aromatic carbocycles. The summed E-state index contributed by atoms with van der Waals surface area (Å²) in [5.41, 5.74) is 3.08. The van der Waals surface area contributed by atoms with Gasteiger partial charge < -0.3 is 29.9 Å². The molecule has 0 aromatic rings. The summed E-state index contributed by atoms with van der Waals surface area (Å²) < 4.78 is 10.9. The van der Waals surface area contributed by atoms with Crippen LogP contribution in [0.1, 0.15) is 79.1 Å². The number of carbonyl (C=O) groups is 2. The van der Waals surface area contributed by atoms with E-state index in [0.29, 0.717) is 61.3 Å². The van der Waals surface area contributed by atoms with E-state index < -0.39 is 11.9 Å². The van der Waals surface area contributed by atoms with E-state index in [2.05, 4.69) is 60.3 Å². The SMILES string of the molecule is CC1(C)CC(N2CCCC2)=C(C#N)/C(=C(\C#N)C(=O)OCCNCCNCCOC(=O)/C(C#N)=C2\CC(C)(C)CC(N3CCCC3)=C2C#N)C1. The van der Waals surface area contributed by atoms with Crippen LogP contribution in [-0.2, 0) is 19.1 Å². The summed E-state index contributed by atoms with van der Waals surface area (Å²) in [6.07, 6.45) is 6.62. The Morgan fingerprint density at radius 2 is 0.980 bits per heavy atom. The minimum Gasteiger partial charge on any atom is -0.460 e. The van der Waals surface area contributed by atoms with E-state index in [1.807, 2.05) is 12.1 Å². The maximum atomic E-state index is 13.0. The fourth-order valence-electron chi connectivity index (χ4n) is 7.37. The van der Waals surface area contributed by atoms with Crippen LogP contribution in [0.5, 0.6) is 0 Å². The standard InChI is InChI=1S/C38H50N8O4/c1-37(2)19-27(29(23-39)33(21-37)45-13-5-6-14-45)31(25-41)35(47)49-17-11-43-9-10-44-12-18-50-36(48)32(26-42)28-20-38(3,4)22-34(30(28)24-40)46-15-7-8-16-46/h43-44H,5-22H2,1-4H3/b31-27+,32-28+. The average Bonchev–Trinajstić information content (AvgIpc) is 3.81. The molecule has 0 atom stereocenters. The quantitative estimate of drug-likeness (QED) is 0.122. The highest BCUT2D eigenvalue weighted by Gasteiger charge is 2.38. The smallest absolute Gasteiger partial charge is 0.349 e. The largest absolute Gasteiger partial charge is 0.460 e. The zero-order chi connectivity index (χ0) is 36.3. The molecule has 0 aromatic heterocycles. The van der Waals surface area contributed by atoms with Gasteiger partial charge in [0, 0.05) is 63.8 Å². The molecule has 4 rings (SSSR count). The Labute approximate surface area is 296 Å². The minimum atomic E-state index is -0.719. The van der Waals surface area contributed by atoms with E-state index in [0.717, 1.165) is 76.1 Å². The van der Waals surface area contributed by atoms with Crippen LogP contribution in [0.25, 0.3) is 0 Å². The molecule has 0 radical (unpaired) electrons. The third-order valence-corrected chi connectivity index (χ3v) is 9.72. The van der Waals surface area contributed by atoms with E-state index in [-0.39, 0.29) is 35.2 Å². The highest BCUT2D eigenvalue weighted by Crippen LogP contribution is 2.46. The molecule has 2 aliphatic carbocycles. The van der Waals surface area contributed by atoms with Gasteiger partial charge in [0.1, 0.15) is 48.6 Å². The number of allylic oxidation sites excluding steroid dienone is 6. The van der Waals surface area contributed by atoms with Gasteiger partial charge in [0.15, 0.2) is 0 Å². The molecule has 12 nitrogen and oxygen atoms in total. The summed E-state index contributed by atoms with van der Waals surface area (Å²) in [5, 5.41) is 46.2. The third-order valence-electron chi connectivity index (χ3n) is 9.72. The first-order chi connectivity index (χ1) is 23.9. The molecule has 2 fully saturated rings. The summed E-state index contributed by atoms with van der Waals surface area (Å²) in [7, 11) is 0. The van der Waals surface area contributed by atoms with Gasteiger partial charge in [-0.25, -0.2) is 9.59 Å². The van der Waals surface area contributed by atoms with Crippen molar-refractivity contribution in [3.8, 4) is 24.3 Å². The molecule has 0 spiro atoms. The van der Waals surface area contributed by atoms with Crippen LogP contribution in [0.15, 0.2) is 44.8 Å². The second kappa shape index (κ2) is 17.3. The first kappa shape index (κ1) is 38.2. The van der Waals surface area contributed by atoms with Crippen LogP contribution in [0.4, 0.5) is 0 Å². The predicted octanol–water partition coefficient (Wildman–Crippen LogP) is 4.28. The predicted molar refractivity (Wildman–Crippen MR) is 186 cm³/mol. The van der Waals surface area contributed by atoms with Crippen molar-refractivity contribution in [3.05, 3.63) is 44.8 Å². The Balaban J connectivity index is 1.21. The first-order valence-corrected chi connectivity index (χ1v) is 17.7. The number of likely N-dealkylation sites (tertiary alicyclic amines) is 2. The molecule has 2 heterocycles. The van der Waals surface area contributed by atoms with Gasteiger partial charge >= 0.3 is 11.9 Å². The number of hydrogen-bond acceptors (Lipinski definition) is 12. The van der Waals surface area contributed by atoms with Crippen LogP contribution in [-0.4, -0.2) is 87.3 Å². The lowest BCUT2D eigenvalue weighted by Crippen LogP contribution is -2.32. The lowest BCUT2D eigenvalue weighted by Gasteiger charge is -2.37. The summed E-state index contributed by atoms with van der Waals surface area (Å²) in [4.78, 5) is 30.4. The normalized spacial score (nSPS) is 21.9. The summed E-state index contributed by atoms with van der Waals surface area (Å²) in [6.45, 7) is 13.8. The number of nitrogens with zero attached hydrogens (tertiary/aromatic N) is 6. The Hall–Kier alpha value is -4.62. The Morgan fingerprint density at radius 1 is 0.620 bits per heavy atom. The Kier molecular flexibility index (Phi) is 13.3. The van der Waals surface area contributed by atoms with E-state index in [9.17, 15) is 30.6 Å². The molecular formula is C38H50N8O4. The average molecular weight is 683 g/mol. The lowest BCUT2D eigenvalue weighted by atomic mass is 9.72. The van der Waals surface area contributed by atoms with Crippen LogP contribution in [0.2, 0.25) is 0 Å². The number of ether oxygens (including phenoxy) is 2. The Bertz CT molecular complexity index is 1490. The van der Waals surface area contributed by atoms with Gasteiger partial charge in [-0.1, -0.05) is 27.7 Å². The van der Waals surface area contributed by atoms with Crippen LogP contribution < -0.4 is 10.6 Å². The second-order valence-electron chi connectivity index (χ2n) is 15.0. The number of hydrogen-bond donors (Lipinski definition) is 2. The molecule has 0 saturated carbocycles. The number of nitrogens with one attached hydrogen (secondary N) is 2. The molecule has 50 heavy (non-hydrogen) atoms. The van der Waals surface area contributed by atoms with Crippen molar-refractivity contribution in [3.63, 3.8) is 0 Å². The van der Waals surface area contributed by atoms with Crippen LogP contribution in [0, 0.1) is 56.2 Å².